The fourth-order valence-electron chi connectivity index (χ4n) is 3.72. The van der Waals surface area contributed by atoms with Crippen LogP contribution >= 0.6 is 0 Å². The fourth-order valence-corrected chi connectivity index (χ4v) is 3.72. The molecule has 6 atom stereocenters. The molecule has 0 spiro atoms. The molecule has 3 fully saturated rings. The Morgan fingerprint density at radius 1 is 1.11 bits per heavy atom. The van der Waals surface area contributed by atoms with Crippen molar-refractivity contribution in [2.45, 2.75) is 102 Å². The van der Waals surface area contributed by atoms with E-state index < -0.39 is 59.4 Å². The Bertz CT molecular complexity index is 601. The molecule has 0 aromatic rings. The topological polar surface area (TPSA) is 119 Å². The summed E-state index contributed by atoms with van der Waals surface area (Å²) in [7, 11) is 0. The van der Waals surface area contributed by atoms with E-state index in [2.05, 4.69) is 0 Å². The number of carbonyl (C=O) groups is 1. The summed E-state index contributed by atoms with van der Waals surface area (Å²) < 4.78 is 34.3. The van der Waals surface area contributed by atoms with Gasteiger partial charge in [0.25, 0.3) is 0 Å². The molecule has 0 aromatic heterocycles. The summed E-state index contributed by atoms with van der Waals surface area (Å²) in [6.45, 7) is 12.2. The van der Waals surface area contributed by atoms with Crippen molar-refractivity contribution >= 4 is 5.97 Å². The predicted octanol–water partition coefficient (Wildman–Crippen LogP) is 0.414. The van der Waals surface area contributed by atoms with Crippen molar-refractivity contribution in [2.24, 2.45) is 5.73 Å². The lowest BCUT2D eigenvalue weighted by Crippen LogP contribution is -2.67. The summed E-state index contributed by atoms with van der Waals surface area (Å²) in [6, 6.07) is -1.43. The SMILES string of the molecule is CC(C)(C)OC(=O)[C@@H](N)[C@@]1(O)[C@@H]([C@H]2COC(C)(C)O2)O[C@@H]2OC(C)(C)O[C@@H]21. The second-order valence-electron chi connectivity index (χ2n) is 9.25. The molecule has 0 saturated carbocycles. The van der Waals surface area contributed by atoms with Crippen LogP contribution in [0.5, 0.6) is 0 Å². The van der Waals surface area contributed by atoms with Crippen LogP contribution in [0.2, 0.25) is 0 Å². The number of rotatable bonds is 3. The number of aliphatic hydroxyl groups is 1. The van der Waals surface area contributed by atoms with Gasteiger partial charge in [-0.2, -0.15) is 0 Å². The van der Waals surface area contributed by atoms with E-state index in [1.54, 1.807) is 48.5 Å². The molecule has 9 nitrogen and oxygen atoms in total. The lowest BCUT2D eigenvalue weighted by atomic mass is 9.82. The van der Waals surface area contributed by atoms with E-state index in [1.165, 1.54) is 0 Å². The number of nitrogens with two attached hydrogens (primary N) is 1. The Balaban J connectivity index is 1.91. The molecule has 3 saturated heterocycles. The predicted molar refractivity (Wildman–Crippen MR) is 92.4 cm³/mol. The Morgan fingerprint density at radius 3 is 2.26 bits per heavy atom. The molecule has 0 aliphatic carbocycles. The molecule has 3 aliphatic heterocycles. The van der Waals surface area contributed by atoms with E-state index >= 15 is 0 Å². The molecule has 3 aliphatic rings. The quantitative estimate of drug-likeness (QED) is 0.662. The third-order valence-corrected chi connectivity index (χ3v) is 4.78. The molecule has 156 valence electrons. The van der Waals surface area contributed by atoms with Crippen LogP contribution in [0.25, 0.3) is 0 Å². The van der Waals surface area contributed by atoms with Crippen molar-refractivity contribution in [3.8, 4) is 0 Å². The highest BCUT2D eigenvalue weighted by Crippen LogP contribution is 2.47. The van der Waals surface area contributed by atoms with Gasteiger partial charge in [-0.15, -0.1) is 0 Å². The number of hydrogen-bond acceptors (Lipinski definition) is 9. The monoisotopic (exact) mass is 389 g/mol. The average Bonchev–Trinajstić information content (AvgIpc) is 3.07. The van der Waals surface area contributed by atoms with E-state index in [4.69, 9.17) is 34.2 Å². The van der Waals surface area contributed by atoms with Crippen LogP contribution in [0, 0.1) is 0 Å². The van der Waals surface area contributed by atoms with Gasteiger partial charge in [-0.25, -0.2) is 0 Å². The van der Waals surface area contributed by atoms with E-state index in [0.717, 1.165) is 0 Å². The van der Waals surface area contributed by atoms with Gasteiger partial charge in [0, 0.05) is 0 Å². The van der Waals surface area contributed by atoms with Crippen LogP contribution < -0.4 is 5.73 Å². The Morgan fingerprint density at radius 2 is 1.74 bits per heavy atom. The molecule has 0 amide bonds. The van der Waals surface area contributed by atoms with Crippen molar-refractivity contribution in [2.75, 3.05) is 6.61 Å². The third-order valence-electron chi connectivity index (χ3n) is 4.78. The van der Waals surface area contributed by atoms with Gasteiger partial charge in [0.1, 0.15) is 30.0 Å². The Hall–Kier alpha value is -0.810. The summed E-state index contributed by atoms with van der Waals surface area (Å²) in [6.07, 6.45) is -3.52. The van der Waals surface area contributed by atoms with Crippen molar-refractivity contribution in [3.63, 3.8) is 0 Å². The number of carbonyl (C=O) groups excluding carboxylic acids is 1. The van der Waals surface area contributed by atoms with Crippen LogP contribution in [0.3, 0.4) is 0 Å². The first-order valence-corrected chi connectivity index (χ1v) is 9.18. The molecule has 0 radical (unpaired) electrons. The Labute approximate surface area is 159 Å². The highest BCUT2D eigenvalue weighted by Gasteiger charge is 2.69. The summed E-state index contributed by atoms with van der Waals surface area (Å²) >= 11 is 0. The lowest BCUT2D eigenvalue weighted by Gasteiger charge is -2.39. The smallest absolute Gasteiger partial charge is 0.326 e. The lowest BCUT2D eigenvalue weighted by molar-refractivity contribution is -0.252. The zero-order valence-corrected chi connectivity index (χ0v) is 17.0. The fraction of sp³-hybridized carbons (Fsp3) is 0.944. The molecule has 3 rings (SSSR count). The van der Waals surface area contributed by atoms with Crippen molar-refractivity contribution in [1.29, 1.82) is 0 Å². The summed E-state index contributed by atoms with van der Waals surface area (Å²) in [5, 5.41) is 11.6. The maximum atomic E-state index is 12.7. The highest BCUT2D eigenvalue weighted by atomic mass is 16.8. The minimum Gasteiger partial charge on any atom is -0.459 e. The molecule has 3 heterocycles. The van der Waals surface area contributed by atoms with E-state index in [-0.39, 0.29) is 6.61 Å². The van der Waals surface area contributed by atoms with Crippen molar-refractivity contribution in [1.82, 2.24) is 0 Å². The number of esters is 1. The van der Waals surface area contributed by atoms with Crippen LogP contribution in [0.1, 0.15) is 48.5 Å². The van der Waals surface area contributed by atoms with Gasteiger partial charge in [0.2, 0.25) is 0 Å². The van der Waals surface area contributed by atoms with Crippen molar-refractivity contribution < 1.29 is 38.3 Å². The largest absolute Gasteiger partial charge is 0.459 e. The normalized spacial score (nSPS) is 41.4. The first kappa shape index (κ1) is 20.9. The summed E-state index contributed by atoms with van der Waals surface area (Å²) in [4.78, 5) is 12.7. The second kappa shape index (κ2) is 6.35. The van der Waals surface area contributed by atoms with Gasteiger partial charge in [0.05, 0.1) is 6.61 Å². The van der Waals surface area contributed by atoms with Crippen LogP contribution in [0.15, 0.2) is 0 Å². The first-order chi connectivity index (χ1) is 12.1. The van der Waals surface area contributed by atoms with Crippen LogP contribution in [-0.2, 0) is 33.2 Å². The molecule has 27 heavy (non-hydrogen) atoms. The van der Waals surface area contributed by atoms with E-state index in [1.807, 2.05) is 0 Å². The van der Waals surface area contributed by atoms with E-state index in [9.17, 15) is 9.90 Å². The third kappa shape index (κ3) is 3.87. The van der Waals surface area contributed by atoms with E-state index in [0.29, 0.717) is 0 Å². The number of fused-ring (bicyclic) bond motifs is 1. The van der Waals surface area contributed by atoms with Gasteiger partial charge in [-0.1, -0.05) is 0 Å². The zero-order chi connectivity index (χ0) is 20.4. The van der Waals surface area contributed by atoms with Crippen LogP contribution in [0.4, 0.5) is 0 Å². The maximum absolute atomic E-state index is 12.7. The average molecular weight is 389 g/mol. The van der Waals surface area contributed by atoms with Gasteiger partial charge in [-0.3, -0.25) is 4.79 Å². The molecule has 0 aromatic carbocycles. The number of ether oxygens (including phenoxy) is 6. The molecule has 0 bridgehead atoms. The summed E-state index contributed by atoms with van der Waals surface area (Å²) in [5.74, 6) is -2.59. The van der Waals surface area contributed by atoms with Crippen LogP contribution in [-0.4, -0.2) is 71.1 Å². The molecular weight excluding hydrogens is 358 g/mol. The highest BCUT2D eigenvalue weighted by molar-refractivity contribution is 5.78. The zero-order valence-electron chi connectivity index (χ0n) is 17.0. The standard InChI is InChI=1S/C18H31NO8/c1-15(2,3)26-13(20)10(19)18(21)11(9-8-22-16(4,5)24-9)23-14-12(18)25-17(6,7)27-14/h9-12,14,21H,8,19H2,1-7H3/t9-,10-,11-,12+,14-,18-/m1/s1. The van der Waals surface area contributed by atoms with Crippen molar-refractivity contribution in [3.05, 3.63) is 0 Å². The van der Waals surface area contributed by atoms with Gasteiger partial charge in [0.15, 0.2) is 23.5 Å². The minimum atomic E-state index is -1.92. The first-order valence-electron chi connectivity index (χ1n) is 9.18. The second-order valence-corrected chi connectivity index (χ2v) is 9.25. The molecule has 3 N–H and O–H groups in total. The van der Waals surface area contributed by atoms with Gasteiger partial charge >= 0.3 is 5.97 Å². The van der Waals surface area contributed by atoms with Gasteiger partial charge < -0.3 is 39.3 Å². The molecule has 9 heteroatoms. The summed E-state index contributed by atoms with van der Waals surface area (Å²) in [5.41, 5.74) is 3.51. The van der Waals surface area contributed by atoms with Gasteiger partial charge in [-0.05, 0) is 48.5 Å². The molecule has 0 unspecified atom stereocenters. The maximum Gasteiger partial charge on any atom is 0.326 e. The minimum absolute atomic E-state index is 0.170. The number of hydrogen-bond donors (Lipinski definition) is 2. The Kier molecular flexibility index (Phi) is 4.92. The molecular formula is C18H31NO8.